The van der Waals surface area contributed by atoms with E-state index in [-0.39, 0.29) is 22.4 Å². The lowest BCUT2D eigenvalue weighted by Gasteiger charge is -2.09. The molecule has 0 radical (unpaired) electrons. The highest BCUT2D eigenvalue weighted by molar-refractivity contribution is 6.31. The van der Waals surface area contributed by atoms with Gasteiger partial charge in [-0.05, 0) is 30.3 Å². The van der Waals surface area contributed by atoms with Crippen LogP contribution >= 0.6 is 11.6 Å². The number of carbonyl (C=O) groups excluding carboxylic acids is 1. The Bertz CT molecular complexity index is 1210. The van der Waals surface area contributed by atoms with Crippen LogP contribution in [0, 0.1) is 0 Å². The third kappa shape index (κ3) is 2.70. The number of anilines is 1. The first-order valence-corrected chi connectivity index (χ1v) is 8.05. The van der Waals surface area contributed by atoms with Gasteiger partial charge in [-0.1, -0.05) is 23.7 Å². The number of nitrogens with one attached hydrogen (secondary N) is 1. The fourth-order valence-electron chi connectivity index (χ4n) is 2.67. The van der Waals surface area contributed by atoms with E-state index in [0.29, 0.717) is 27.4 Å². The summed E-state index contributed by atoms with van der Waals surface area (Å²) in [5, 5.41) is 3.71. The fraction of sp³-hybridized carbons (Fsp3) is 0.0526. The van der Waals surface area contributed by atoms with Crippen LogP contribution in [0.15, 0.2) is 62.2 Å². The number of amides is 1. The Kier molecular flexibility index (Phi) is 3.89. The van der Waals surface area contributed by atoms with E-state index in [4.69, 9.17) is 25.2 Å². The highest BCUT2D eigenvalue weighted by Gasteiger charge is 2.19. The minimum Gasteiger partial charge on any atom is -0.495 e. The Hall–Kier alpha value is -3.25. The first-order chi connectivity index (χ1) is 12.6. The molecule has 0 saturated heterocycles. The zero-order chi connectivity index (χ0) is 18.3. The molecule has 0 bridgehead atoms. The minimum atomic E-state index is -0.555. The summed E-state index contributed by atoms with van der Waals surface area (Å²) < 4.78 is 16.2. The SMILES string of the molecule is COc1ccc(Cl)cc1NC(=O)c1cc2c(=O)c3ccccc3oc2o1. The number of carbonyl (C=O) groups is 1. The molecule has 4 rings (SSSR count). The van der Waals surface area contributed by atoms with Gasteiger partial charge in [-0.3, -0.25) is 9.59 Å². The van der Waals surface area contributed by atoms with Gasteiger partial charge in [0.05, 0.1) is 18.2 Å². The molecule has 0 saturated carbocycles. The number of ether oxygens (including phenoxy) is 1. The summed E-state index contributed by atoms with van der Waals surface area (Å²) in [4.78, 5) is 25.1. The normalized spacial score (nSPS) is 11.0. The third-order valence-electron chi connectivity index (χ3n) is 3.91. The smallest absolute Gasteiger partial charge is 0.302 e. The number of para-hydroxylation sites is 1. The van der Waals surface area contributed by atoms with E-state index in [0.717, 1.165) is 0 Å². The Labute approximate surface area is 151 Å². The van der Waals surface area contributed by atoms with Gasteiger partial charge in [0.1, 0.15) is 16.7 Å². The van der Waals surface area contributed by atoms with Gasteiger partial charge < -0.3 is 18.9 Å². The molecule has 0 atom stereocenters. The Morgan fingerprint density at radius 3 is 2.69 bits per heavy atom. The van der Waals surface area contributed by atoms with Crippen LogP contribution < -0.4 is 15.5 Å². The number of fused-ring (bicyclic) bond motifs is 2. The van der Waals surface area contributed by atoms with E-state index in [2.05, 4.69) is 5.32 Å². The number of hydrogen-bond acceptors (Lipinski definition) is 5. The van der Waals surface area contributed by atoms with Crippen molar-refractivity contribution < 1.29 is 18.4 Å². The molecule has 0 fully saturated rings. The van der Waals surface area contributed by atoms with Crippen molar-refractivity contribution in [3.8, 4) is 5.75 Å². The molecular formula is C19H12ClNO5. The van der Waals surface area contributed by atoms with Crippen LogP contribution in [0.5, 0.6) is 5.75 Å². The maximum Gasteiger partial charge on any atom is 0.302 e. The summed E-state index contributed by atoms with van der Waals surface area (Å²) in [7, 11) is 1.48. The monoisotopic (exact) mass is 369 g/mol. The zero-order valence-electron chi connectivity index (χ0n) is 13.5. The lowest BCUT2D eigenvalue weighted by atomic mass is 10.2. The van der Waals surface area contributed by atoms with Crippen molar-refractivity contribution in [1.82, 2.24) is 0 Å². The maximum atomic E-state index is 12.5. The van der Waals surface area contributed by atoms with Gasteiger partial charge >= 0.3 is 5.78 Å². The molecule has 0 aliphatic carbocycles. The standard InChI is InChI=1S/C19H12ClNO5/c1-24-15-7-6-10(20)8-13(15)21-18(23)16-9-12-17(22)11-4-2-3-5-14(11)25-19(12)26-16/h2-9H,1H3,(H,21,23). The van der Waals surface area contributed by atoms with E-state index in [1.165, 1.54) is 13.2 Å². The molecule has 130 valence electrons. The van der Waals surface area contributed by atoms with Crippen LogP contribution in [0.2, 0.25) is 5.02 Å². The average Bonchev–Trinajstić information content (AvgIpc) is 3.07. The number of furan rings is 1. The summed E-state index contributed by atoms with van der Waals surface area (Å²) >= 11 is 5.96. The lowest BCUT2D eigenvalue weighted by Crippen LogP contribution is -2.11. The number of methoxy groups -OCH3 is 1. The highest BCUT2D eigenvalue weighted by Crippen LogP contribution is 2.29. The molecule has 7 heteroatoms. The molecular weight excluding hydrogens is 358 g/mol. The van der Waals surface area contributed by atoms with Crippen LogP contribution in [-0.2, 0) is 0 Å². The molecule has 1 amide bonds. The molecule has 4 aromatic rings. The van der Waals surface area contributed by atoms with Gasteiger partial charge in [0.25, 0.3) is 5.91 Å². The number of rotatable bonds is 3. The van der Waals surface area contributed by atoms with Crippen LogP contribution in [0.25, 0.3) is 22.1 Å². The Morgan fingerprint density at radius 2 is 1.88 bits per heavy atom. The van der Waals surface area contributed by atoms with Crippen LogP contribution in [0.4, 0.5) is 5.69 Å². The predicted octanol–water partition coefficient (Wildman–Crippen LogP) is 4.45. The predicted molar refractivity (Wildman–Crippen MR) is 98.2 cm³/mol. The van der Waals surface area contributed by atoms with Crippen molar-refractivity contribution in [2.75, 3.05) is 12.4 Å². The maximum absolute atomic E-state index is 12.5. The molecule has 2 aromatic heterocycles. The molecule has 0 spiro atoms. The summed E-state index contributed by atoms with van der Waals surface area (Å²) in [6.07, 6.45) is 0. The number of benzene rings is 2. The van der Waals surface area contributed by atoms with E-state index in [1.54, 1.807) is 42.5 Å². The molecule has 2 aromatic carbocycles. The molecule has 0 unspecified atom stereocenters. The van der Waals surface area contributed by atoms with Crippen molar-refractivity contribution in [3.63, 3.8) is 0 Å². The fourth-order valence-corrected chi connectivity index (χ4v) is 2.84. The third-order valence-corrected chi connectivity index (χ3v) is 4.15. The summed E-state index contributed by atoms with van der Waals surface area (Å²) in [5.74, 6) is -0.172. The zero-order valence-corrected chi connectivity index (χ0v) is 14.3. The van der Waals surface area contributed by atoms with Gasteiger partial charge in [0.2, 0.25) is 5.43 Å². The Balaban J connectivity index is 1.76. The quantitative estimate of drug-likeness (QED) is 0.576. The summed E-state index contributed by atoms with van der Waals surface area (Å²) in [5.41, 5.74) is 0.516. The summed E-state index contributed by atoms with van der Waals surface area (Å²) in [6.45, 7) is 0. The molecule has 0 aliphatic heterocycles. The Morgan fingerprint density at radius 1 is 1.08 bits per heavy atom. The second kappa shape index (κ2) is 6.24. The van der Waals surface area contributed by atoms with Gasteiger partial charge in [-0.15, -0.1) is 0 Å². The van der Waals surface area contributed by atoms with Crippen molar-refractivity contribution in [2.45, 2.75) is 0 Å². The first-order valence-electron chi connectivity index (χ1n) is 7.67. The van der Waals surface area contributed by atoms with Crippen molar-refractivity contribution >= 4 is 45.3 Å². The topological polar surface area (TPSA) is 81.7 Å². The molecule has 2 heterocycles. The van der Waals surface area contributed by atoms with Gasteiger partial charge in [0, 0.05) is 11.1 Å². The van der Waals surface area contributed by atoms with E-state index in [1.807, 2.05) is 0 Å². The van der Waals surface area contributed by atoms with Crippen molar-refractivity contribution in [2.24, 2.45) is 0 Å². The van der Waals surface area contributed by atoms with Crippen LogP contribution in [0.1, 0.15) is 10.6 Å². The number of halogens is 1. The number of hydrogen-bond donors (Lipinski definition) is 1. The lowest BCUT2D eigenvalue weighted by molar-refractivity contribution is 0.0996. The molecule has 1 N–H and O–H groups in total. The largest absolute Gasteiger partial charge is 0.495 e. The van der Waals surface area contributed by atoms with E-state index < -0.39 is 5.91 Å². The average molecular weight is 370 g/mol. The van der Waals surface area contributed by atoms with Crippen LogP contribution in [-0.4, -0.2) is 13.0 Å². The highest BCUT2D eigenvalue weighted by atomic mass is 35.5. The van der Waals surface area contributed by atoms with Gasteiger partial charge in [-0.2, -0.15) is 0 Å². The van der Waals surface area contributed by atoms with E-state index in [9.17, 15) is 9.59 Å². The second-order valence-electron chi connectivity index (χ2n) is 5.54. The minimum absolute atomic E-state index is 0.00286. The van der Waals surface area contributed by atoms with E-state index >= 15 is 0 Å². The molecule has 6 nitrogen and oxygen atoms in total. The molecule has 26 heavy (non-hydrogen) atoms. The van der Waals surface area contributed by atoms with Gasteiger partial charge in [0.15, 0.2) is 5.76 Å². The van der Waals surface area contributed by atoms with Crippen molar-refractivity contribution in [3.05, 3.63) is 69.5 Å². The van der Waals surface area contributed by atoms with Crippen molar-refractivity contribution in [1.29, 1.82) is 0 Å². The summed E-state index contributed by atoms with van der Waals surface area (Å²) in [6, 6.07) is 13.0. The van der Waals surface area contributed by atoms with Crippen LogP contribution in [0.3, 0.4) is 0 Å². The van der Waals surface area contributed by atoms with Gasteiger partial charge in [-0.25, -0.2) is 0 Å². The second-order valence-corrected chi connectivity index (χ2v) is 5.97. The first kappa shape index (κ1) is 16.2. The molecule has 0 aliphatic rings.